The van der Waals surface area contributed by atoms with E-state index in [9.17, 15) is 9.90 Å². The first-order valence-corrected chi connectivity index (χ1v) is 18.2. The number of aromatic nitrogens is 3. The Balaban J connectivity index is 0.000000335. The summed E-state index contributed by atoms with van der Waals surface area (Å²) in [5.74, 6) is 0.763. The van der Waals surface area contributed by atoms with Crippen LogP contribution in [0.25, 0.3) is 44.4 Å². The summed E-state index contributed by atoms with van der Waals surface area (Å²) in [4.78, 5) is 26.3. The number of fused-ring (bicyclic) bond motifs is 2. The molecule has 0 bridgehead atoms. The number of benzene rings is 2. The molecule has 0 fully saturated rings. The largest absolute Gasteiger partial charge is 0.512 e. The Labute approximate surface area is 319 Å². The maximum Gasteiger partial charge on any atom is 0.164 e. The maximum absolute atomic E-state index is 12.2. The van der Waals surface area contributed by atoms with Gasteiger partial charge in [-0.15, -0.1) is 29.1 Å². The number of furan rings is 1. The molecule has 1 N–H and O–H groups in total. The number of allylic oxidation sites excluding steroid dienone is 2. The van der Waals surface area contributed by atoms with Gasteiger partial charge in [0.15, 0.2) is 11.4 Å². The SMILES string of the molecule is CC(C)Cc1nc(-c2cc(-c3[c-]c4ccccc4c(C(C)(C)C)c3)ncn2)cc2ccoc12.CCC(C)(CC)C(=O)/C=C(\O)C(C)(CC)CC.[Ir]. The molecule has 0 amide bonds. The van der Waals surface area contributed by atoms with Crippen LogP contribution < -0.4 is 0 Å². The summed E-state index contributed by atoms with van der Waals surface area (Å²) < 4.78 is 5.72. The molecule has 1 radical (unpaired) electrons. The zero-order chi connectivity index (χ0) is 36.9. The quantitative estimate of drug-likeness (QED) is 0.0808. The minimum atomic E-state index is -0.337. The normalized spacial score (nSPS) is 12.5. The van der Waals surface area contributed by atoms with Crippen LogP contribution in [0.3, 0.4) is 0 Å². The smallest absolute Gasteiger partial charge is 0.164 e. The van der Waals surface area contributed by atoms with Gasteiger partial charge in [0.1, 0.15) is 12.1 Å². The van der Waals surface area contributed by atoms with E-state index in [0.717, 1.165) is 76.8 Å². The fraction of sp³-hybridized carbons (Fsp3) is 0.455. The van der Waals surface area contributed by atoms with E-state index in [-0.39, 0.29) is 47.9 Å². The van der Waals surface area contributed by atoms with Gasteiger partial charge in [0.05, 0.1) is 23.3 Å². The van der Waals surface area contributed by atoms with Crippen LogP contribution in [0, 0.1) is 22.8 Å². The predicted molar refractivity (Wildman–Crippen MR) is 207 cm³/mol. The molecule has 2 aromatic carbocycles. The molecule has 0 saturated carbocycles. The Morgan fingerprint density at radius 3 is 2.10 bits per heavy atom. The van der Waals surface area contributed by atoms with Crippen molar-refractivity contribution in [3.63, 3.8) is 0 Å². The molecule has 3 aromatic heterocycles. The molecular formula is C44H56IrN3O3-. The second kappa shape index (κ2) is 17.2. The van der Waals surface area contributed by atoms with Crippen LogP contribution in [0.2, 0.25) is 0 Å². The van der Waals surface area contributed by atoms with Crippen LogP contribution in [0.5, 0.6) is 0 Å². The van der Waals surface area contributed by atoms with Crippen molar-refractivity contribution in [2.24, 2.45) is 16.7 Å². The van der Waals surface area contributed by atoms with Crippen molar-refractivity contribution in [1.29, 1.82) is 0 Å². The van der Waals surface area contributed by atoms with Gasteiger partial charge in [-0.25, -0.2) is 9.97 Å². The zero-order valence-electron chi connectivity index (χ0n) is 32.4. The second-order valence-electron chi connectivity index (χ2n) is 15.5. The third-order valence-corrected chi connectivity index (χ3v) is 10.5. The van der Waals surface area contributed by atoms with Crippen molar-refractivity contribution in [2.75, 3.05) is 0 Å². The molecule has 0 atom stereocenters. The van der Waals surface area contributed by atoms with Gasteiger partial charge in [-0.1, -0.05) is 105 Å². The van der Waals surface area contributed by atoms with Crippen LogP contribution in [0.4, 0.5) is 0 Å². The van der Waals surface area contributed by atoms with E-state index >= 15 is 0 Å². The number of carbonyl (C=O) groups is 1. The molecule has 3 heterocycles. The first-order chi connectivity index (χ1) is 23.6. The molecule has 0 unspecified atom stereocenters. The van der Waals surface area contributed by atoms with E-state index in [1.165, 1.54) is 17.0 Å². The number of aliphatic hydroxyl groups is 1. The molecule has 51 heavy (non-hydrogen) atoms. The van der Waals surface area contributed by atoms with Crippen molar-refractivity contribution in [3.8, 4) is 22.6 Å². The van der Waals surface area contributed by atoms with Gasteiger partial charge in [0, 0.05) is 48.1 Å². The van der Waals surface area contributed by atoms with Crippen molar-refractivity contribution < 1.29 is 34.4 Å². The van der Waals surface area contributed by atoms with Crippen molar-refractivity contribution in [1.82, 2.24) is 15.0 Å². The monoisotopic (exact) mass is 867 g/mol. The van der Waals surface area contributed by atoms with Gasteiger partial charge in [0.2, 0.25) is 0 Å². The van der Waals surface area contributed by atoms with Gasteiger partial charge in [-0.05, 0) is 61.6 Å². The van der Waals surface area contributed by atoms with Gasteiger partial charge in [-0.3, -0.25) is 9.78 Å². The third kappa shape index (κ3) is 9.61. The molecule has 0 aliphatic rings. The standard InChI is InChI=1S/C29H28N3O.C15H28O2.Ir/c1-18(2)12-27-28-20(10-11-33-28)15-26(32-27)25-16-24(30-17-31-25)21-13-19-8-6-7-9-22(19)23(14-21)29(3,4)5;1-7-14(5,8-2)12(16)11-13(17)15(6,9-3)10-4;/h6-11,14-18H,12H2,1-5H3;11,16H,7-10H2,1-6H3;/q-1;;/b;12-11-;. The molecule has 5 aromatic rings. The zero-order valence-corrected chi connectivity index (χ0v) is 34.8. The van der Waals surface area contributed by atoms with Crippen molar-refractivity contribution in [3.05, 3.63) is 90.3 Å². The third-order valence-electron chi connectivity index (χ3n) is 10.5. The molecule has 0 aliphatic heterocycles. The summed E-state index contributed by atoms with van der Waals surface area (Å²) in [6.07, 6.45) is 8.95. The summed E-state index contributed by atoms with van der Waals surface area (Å²) in [6.45, 7) is 23.2. The minimum Gasteiger partial charge on any atom is -0.512 e. The molecule has 6 nitrogen and oxygen atoms in total. The number of carbonyl (C=O) groups excluding carboxylic acids is 1. The summed E-state index contributed by atoms with van der Waals surface area (Å²) >= 11 is 0. The van der Waals surface area contributed by atoms with E-state index < -0.39 is 0 Å². The number of aliphatic hydroxyl groups excluding tert-OH is 1. The predicted octanol–water partition coefficient (Wildman–Crippen LogP) is 12.0. The number of ketones is 1. The average molecular weight is 867 g/mol. The van der Waals surface area contributed by atoms with Gasteiger partial charge in [0.25, 0.3) is 0 Å². The van der Waals surface area contributed by atoms with E-state index in [1.54, 1.807) is 12.6 Å². The molecule has 275 valence electrons. The molecule has 5 rings (SSSR count). The number of hydrogen-bond donors (Lipinski definition) is 1. The van der Waals surface area contributed by atoms with Crippen LogP contribution in [-0.4, -0.2) is 25.8 Å². The second-order valence-corrected chi connectivity index (χ2v) is 15.5. The van der Waals surface area contributed by atoms with E-state index in [1.807, 2.05) is 59.7 Å². The van der Waals surface area contributed by atoms with Gasteiger partial charge >= 0.3 is 0 Å². The summed E-state index contributed by atoms with van der Waals surface area (Å²) in [6, 6.07) is 20.2. The molecular weight excluding hydrogens is 811 g/mol. The van der Waals surface area contributed by atoms with Gasteiger partial charge in [-0.2, -0.15) is 0 Å². The number of nitrogens with zero attached hydrogens (tertiary/aromatic N) is 3. The topological polar surface area (TPSA) is 89.1 Å². The Bertz CT molecular complexity index is 1960. The van der Waals surface area contributed by atoms with E-state index in [0.29, 0.717) is 5.92 Å². The van der Waals surface area contributed by atoms with E-state index in [2.05, 4.69) is 81.0 Å². The van der Waals surface area contributed by atoms with E-state index in [4.69, 9.17) is 9.40 Å². The Kier molecular flexibility index (Phi) is 14.1. The Morgan fingerprint density at radius 2 is 1.49 bits per heavy atom. The number of rotatable bonds is 11. The van der Waals surface area contributed by atoms with Crippen molar-refractivity contribution in [2.45, 2.75) is 114 Å². The number of hydrogen-bond acceptors (Lipinski definition) is 6. The first kappa shape index (κ1) is 41.7. The fourth-order valence-electron chi connectivity index (χ4n) is 6.02. The maximum atomic E-state index is 12.2. The Morgan fingerprint density at radius 1 is 0.863 bits per heavy atom. The summed E-state index contributed by atoms with van der Waals surface area (Å²) in [7, 11) is 0. The van der Waals surface area contributed by atoms with Crippen LogP contribution in [0.15, 0.2) is 77.4 Å². The summed E-state index contributed by atoms with van der Waals surface area (Å²) in [5, 5.41) is 13.5. The fourth-order valence-corrected chi connectivity index (χ4v) is 6.02. The van der Waals surface area contributed by atoms with Crippen LogP contribution >= 0.6 is 0 Å². The molecule has 0 aliphatic carbocycles. The first-order valence-electron chi connectivity index (χ1n) is 18.2. The molecule has 0 spiro atoms. The minimum absolute atomic E-state index is 0. The molecule has 7 heteroatoms. The summed E-state index contributed by atoms with van der Waals surface area (Å²) in [5.41, 5.74) is 5.95. The Hall–Kier alpha value is -3.67. The number of pyridine rings is 1. The van der Waals surface area contributed by atoms with Crippen LogP contribution in [-0.2, 0) is 36.7 Å². The van der Waals surface area contributed by atoms with Crippen molar-refractivity contribution >= 4 is 27.5 Å². The van der Waals surface area contributed by atoms with Gasteiger partial charge < -0.3 is 9.52 Å². The molecule has 0 saturated heterocycles. The average Bonchev–Trinajstić information content (AvgIpc) is 3.59. The van der Waals surface area contributed by atoms with Crippen LogP contribution in [0.1, 0.15) is 113 Å².